The number of halogens is 1. The van der Waals surface area contributed by atoms with Gasteiger partial charge in [-0.3, -0.25) is 14.2 Å². The number of ketones is 1. The van der Waals surface area contributed by atoms with Crippen LogP contribution in [0.1, 0.15) is 26.4 Å². The van der Waals surface area contributed by atoms with Crippen LogP contribution in [-0.2, 0) is 13.0 Å². The number of thioether (sulfide) groups is 1. The molecular weight excluding hydrogens is 474 g/mol. The molecule has 0 N–H and O–H groups in total. The Kier molecular flexibility index (Phi) is 6.14. The highest BCUT2D eigenvalue weighted by atomic mass is 35.5. The fraction of sp³-hybridized carbons (Fsp3) is 0.240. The Morgan fingerprint density at radius 3 is 2.70 bits per heavy atom. The van der Waals surface area contributed by atoms with Crippen molar-refractivity contribution in [1.82, 2.24) is 14.5 Å². The number of carbonyl (C=O) groups excluding carboxylic acids is 1. The number of para-hydroxylation sites is 1. The van der Waals surface area contributed by atoms with Crippen LogP contribution in [0.15, 0.2) is 58.5 Å². The number of hydrogen-bond acceptors (Lipinski definition) is 6. The summed E-state index contributed by atoms with van der Waals surface area (Å²) >= 11 is 8.84. The number of likely N-dealkylation sites (N-methyl/N-ethyl adjacent to an activating group) is 1. The molecule has 168 valence electrons. The summed E-state index contributed by atoms with van der Waals surface area (Å²) in [6, 6.07) is 14.7. The fourth-order valence-electron chi connectivity index (χ4n) is 4.12. The van der Waals surface area contributed by atoms with Crippen LogP contribution in [0.3, 0.4) is 0 Å². The number of Topliss-reactive ketones (excluding diaryl/α,β-unsaturated/α-hetero) is 1. The van der Waals surface area contributed by atoms with Crippen molar-refractivity contribution in [3.05, 3.63) is 85.5 Å². The summed E-state index contributed by atoms with van der Waals surface area (Å²) in [6.07, 6.45) is 0.845. The van der Waals surface area contributed by atoms with Crippen LogP contribution in [0.25, 0.3) is 15.9 Å². The molecular formula is C25H22ClN3O2S2. The zero-order valence-electron chi connectivity index (χ0n) is 18.3. The van der Waals surface area contributed by atoms with Gasteiger partial charge in [0.05, 0.1) is 16.8 Å². The second-order valence-electron chi connectivity index (χ2n) is 8.21. The van der Waals surface area contributed by atoms with E-state index in [0.29, 0.717) is 15.7 Å². The van der Waals surface area contributed by atoms with E-state index >= 15 is 0 Å². The molecule has 0 bridgehead atoms. The maximum absolute atomic E-state index is 13.9. The van der Waals surface area contributed by atoms with Crippen molar-refractivity contribution in [2.75, 3.05) is 19.3 Å². The summed E-state index contributed by atoms with van der Waals surface area (Å²) in [4.78, 5) is 35.8. The van der Waals surface area contributed by atoms with Crippen molar-refractivity contribution in [3.63, 3.8) is 0 Å². The van der Waals surface area contributed by atoms with Crippen LogP contribution in [0, 0.1) is 6.92 Å². The van der Waals surface area contributed by atoms with Crippen molar-refractivity contribution < 1.29 is 4.79 Å². The molecule has 5 rings (SSSR count). The molecule has 4 aromatic rings. The molecule has 1 aliphatic rings. The predicted octanol–water partition coefficient (Wildman–Crippen LogP) is 5.37. The largest absolute Gasteiger partial charge is 0.301 e. The van der Waals surface area contributed by atoms with E-state index < -0.39 is 0 Å². The number of benzene rings is 2. The van der Waals surface area contributed by atoms with Crippen LogP contribution in [0.5, 0.6) is 0 Å². The van der Waals surface area contributed by atoms with Gasteiger partial charge in [0.1, 0.15) is 4.83 Å². The third kappa shape index (κ3) is 4.26. The number of thiophene rings is 1. The second-order valence-corrected chi connectivity index (χ2v) is 10.7. The lowest BCUT2D eigenvalue weighted by Crippen LogP contribution is -2.27. The Labute approximate surface area is 205 Å². The van der Waals surface area contributed by atoms with E-state index in [4.69, 9.17) is 16.6 Å². The second kappa shape index (κ2) is 9.06. The SMILES string of the molecule is Cc1ccccc1-n1c(SCC(=O)c2ccc(Cl)cc2)nc2sc3c(c2c1=O)CCN(C)C3. The molecule has 0 amide bonds. The first-order valence-electron chi connectivity index (χ1n) is 10.7. The average Bonchev–Trinajstić information content (AvgIpc) is 3.16. The molecule has 2 aromatic heterocycles. The number of carbonyl (C=O) groups is 1. The molecule has 0 unspecified atom stereocenters. The van der Waals surface area contributed by atoms with Gasteiger partial charge < -0.3 is 4.90 Å². The lowest BCUT2D eigenvalue weighted by atomic mass is 10.1. The average molecular weight is 496 g/mol. The summed E-state index contributed by atoms with van der Waals surface area (Å²) in [5.41, 5.74) is 3.44. The predicted molar refractivity (Wildman–Crippen MR) is 136 cm³/mol. The summed E-state index contributed by atoms with van der Waals surface area (Å²) in [5.74, 6) is 0.147. The molecule has 0 saturated carbocycles. The van der Waals surface area contributed by atoms with E-state index in [-0.39, 0.29) is 17.1 Å². The molecule has 0 aliphatic carbocycles. The van der Waals surface area contributed by atoms with Crippen LogP contribution in [0.4, 0.5) is 0 Å². The summed E-state index contributed by atoms with van der Waals surface area (Å²) < 4.78 is 1.68. The molecule has 2 aromatic carbocycles. The Balaban J connectivity index is 1.61. The molecule has 1 aliphatic heterocycles. The van der Waals surface area contributed by atoms with Gasteiger partial charge in [0.25, 0.3) is 5.56 Å². The molecule has 0 atom stereocenters. The van der Waals surface area contributed by atoms with Crippen molar-refractivity contribution in [2.45, 2.75) is 25.0 Å². The van der Waals surface area contributed by atoms with Crippen molar-refractivity contribution >= 4 is 50.7 Å². The highest BCUT2D eigenvalue weighted by Gasteiger charge is 2.25. The minimum absolute atomic E-state index is 0.0329. The maximum Gasteiger partial charge on any atom is 0.267 e. The number of fused-ring (bicyclic) bond motifs is 3. The zero-order chi connectivity index (χ0) is 23.1. The van der Waals surface area contributed by atoms with Gasteiger partial charge in [-0.05, 0) is 61.9 Å². The van der Waals surface area contributed by atoms with Gasteiger partial charge in [-0.15, -0.1) is 11.3 Å². The molecule has 33 heavy (non-hydrogen) atoms. The number of rotatable bonds is 5. The van der Waals surface area contributed by atoms with Crippen LogP contribution in [-0.4, -0.2) is 39.6 Å². The first kappa shape index (κ1) is 22.3. The van der Waals surface area contributed by atoms with Gasteiger partial charge in [0.2, 0.25) is 0 Å². The van der Waals surface area contributed by atoms with Crippen LogP contribution in [0.2, 0.25) is 5.02 Å². The maximum atomic E-state index is 13.9. The molecule has 3 heterocycles. The lowest BCUT2D eigenvalue weighted by molar-refractivity contribution is 0.102. The van der Waals surface area contributed by atoms with E-state index in [9.17, 15) is 9.59 Å². The molecule has 0 fully saturated rings. The minimum atomic E-state index is -0.0576. The van der Waals surface area contributed by atoms with Crippen molar-refractivity contribution in [1.29, 1.82) is 0 Å². The molecule has 0 radical (unpaired) electrons. The summed E-state index contributed by atoms with van der Waals surface area (Å²) in [6.45, 7) is 3.74. The standard InChI is InChI=1S/C25H22ClN3O2S2/c1-15-5-3-4-6-19(15)29-24(31)22-18-11-12-28(2)13-21(18)33-23(22)27-25(29)32-14-20(30)16-7-9-17(26)10-8-16/h3-10H,11-14H2,1-2H3. The zero-order valence-corrected chi connectivity index (χ0v) is 20.7. The monoisotopic (exact) mass is 495 g/mol. The fourth-order valence-corrected chi connectivity index (χ4v) is 6.49. The van der Waals surface area contributed by atoms with Gasteiger partial charge in [-0.2, -0.15) is 0 Å². The number of hydrogen-bond donors (Lipinski definition) is 0. The Morgan fingerprint density at radius 1 is 1.18 bits per heavy atom. The van der Waals surface area contributed by atoms with Gasteiger partial charge >= 0.3 is 0 Å². The number of nitrogens with zero attached hydrogens (tertiary/aromatic N) is 3. The Hall–Kier alpha value is -2.45. The molecule has 5 nitrogen and oxygen atoms in total. The molecule has 0 spiro atoms. The summed E-state index contributed by atoms with van der Waals surface area (Å²) in [5, 5.41) is 1.85. The first-order valence-corrected chi connectivity index (χ1v) is 12.8. The smallest absolute Gasteiger partial charge is 0.267 e. The van der Waals surface area contributed by atoms with Gasteiger partial charge in [0, 0.05) is 28.6 Å². The van der Waals surface area contributed by atoms with E-state index in [0.717, 1.165) is 46.5 Å². The van der Waals surface area contributed by atoms with Gasteiger partial charge in [0.15, 0.2) is 10.9 Å². The highest BCUT2D eigenvalue weighted by molar-refractivity contribution is 7.99. The summed E-state index contributed by atoms with van der Waals surface area (Å²) in [7, 11) is 2.09. The van der Waals surface area contributed by atoms with Crippen LogP contribution >= 0.6 is 34.7 Å². The quantitative estimate of drug-likeness (QED) is 0.211. The van der Waals surface area contributed by atoms with Gasteiger partial charge in [-0.1, -0.05) is 41.6 Å². The third-order valence-electron chi connectivity index (χ3n) is 5.89. The van der Waals surface area contributed by atoms with E-state index in [1.54, 1.807) is 40.2 Å². The van der Waals surface area contributed by atoms with Crippen LogP contribution < -0.4 is 5.56 Å². The first-order chi connectivity index (χ1) is 15.9. The Morgan fingerprint density at radius 2 is 1.94 bits per heavy atom. The van der Waals surface area contributed by atoms with Crippen molar-refractivity contribution in [3.8, 4) is 5.69 Å². The third-order valence-corrected chi connectivity index (χ3v) is 8.19. The van der Waals surface area contributed by atoms with E-state index in [2.05, 4.69) is 11.9 Å². The topological polar surface area (TPSA) is 55.2 Å². The number of aromatic nitrogens is 2. The van der Waals surface area contributed by atoms with Crippen molar-refractivity contribution in [2.24, 2.45) is 0 Å². The van der Waals surface area contributed by atoms with E-state index in [1.807, 2.05) is 31.2 Å². The number of aryl methyl sites for hydroxylation is 1. The normalized spacial score (nSPS) is 13.9. The lowest BCUT2D eigenvalue weighted by Gasteiger charge is -2.22. The Bertz CT molecular complexity index is 1430. The van der Waals surface area contributed by atoms with E-state index in [1.165, 1.54) is 16.6 Å². The minimum Gasteiger partial charge on any atom is -0.301 e. The molecule has 8 heteroatoms. The van der Waals surface area contributed by atoms with Gasteiger partial charge in [-0.25, -0.2) is 4.98 Å². The highest BCUT2D eigenvalue weighted by Crippen LogP contribution is 2.34. The molecule has 0 saturated heterocycles.